The van der Waals surface area contributed by atoms with E-state index in [2.05, 4.69) is 49.4 Å². The highest BCUT2D eigenvalue weighted by Crippen LogP contribution is 2.46. The SMILES string of the molecule is CC[C@H]1C[C@@H](C2=NC=C(c3ccc4c(c3)COc3cc5c6c(ccc5cc3-4)N=C([C@H]3CC[C@@H](COC)C3)C6)C2)N(C(=O)OC(C)(C)C)C1. The maximum absolute atomic E-state index is 13.1. The minimum absolute atomic E-state index is 0.0201. The van der Waals surface area contributed by atoms with Gasteiger partial charge in [-0.1, -0.05) is 31.5 Å². The van der Waals surface area contributed by atoms with Gasteiger partial charge in [0.25, 0.3) is 0 Å². The smallest absolute Gasteiger partial charge is 0.410 e. The predicted octanol–water partition coefficient (Wildman–Crippen LogP) is 9.31. The summed E-state index contributed by atoms with van der Waals surface area (Å²) in [5.74, 6) is 2.63. The molecule has 3 aromatic rings. The Bertz CT molecular complexity index is 1880. The van der Waals surface area contributed by atoms with Crippen molar-refractivity contribution in [3.63, 3.8) is 0 Å². The first-order valence-corrected chi connectivity index (χ1v) is 17.8. The maximum atomic E-state index is 13.1. The Kier molecular flexibility index (Phi) is 7.94. The van der Waals surface area contributed by atoms with E-state index in [1.807, 2.05) is 39.0 Å². The monoisotopic (exact) mass is 645 g/mol. The molecule has 0 spiro atoms. The highest BCUT2D eigenvalue weighted by atomic mass is 16.6. The Morgan fingerprint density at radius 3 is 2.69 bits per heavy atom. The molecule has 0 radical (unpaired) electrons. The van der Waals surface area contributed by atoms with Crippen molar-refractivity contribution >= 4 is 39.5 Å². The van der Waals surface area contributed by atoms with Gasteiger partial charge in [0.2, 0.25) is 0 Å². The van der Waals surface area contributed by atoms with Crippen LogP contribution in [0.5, 0.6) is 5.75 Å². The van der Waals surface area contributed by atoms with Crippen LogP contribution in [-0.2, 0) is 22.5 Å². The van der Waals surface area contributed by atoms with Gasteiger partial charge in [-0.2, -0.15) is 0 Å². The molecule has 1 saturated heterocycles. The Labute approximate surface area is 284 Å². The number of likely N-dealkylation sites (tertiary alicyclic amines) is 1. The van der Waals surface area contributed by atoms with Crippen LogP contribution in [0.2, 0.25) is 0 Å². The Morgan fingerprint density at radius 1 is 1.00 bits per heavy atom. The minimum atomic E-state index is -0.523. The zero-order chi connectivity index (χ0) is 33.2. The van der Waals surface area contributed by atoms with Crippen LogP contribution in [0.4, 0.5) is 10.5 Å². The largest absolute Gasteiger partial charge is 0.488 e. The molecule has 0 unspecified atom stereocenters. The molecule has 7 nitrogen and oxygen atoms in total. The van der Waals surface area contributed by atoms with E-state index in [9.17, 15) is 4.79 Å². The van der Waals surface area contributed by atoms with E-state index >= 15 is 0 Å². The average Bonchev–Trinajstić information content (AvgIpc) is 3.88. The number of methoxy groups -OCH3 is 1. The van der Waals surface area contributed by atoms with Gasteiger partial charge in [0.05, 0.1) is 11.7 Å². The summed E-state index contributed by atoms with van der Waals surface area (Å²) >= 11 is 0. The second-order valence-electron chi connectivity index (χ2n) is 15.5. The lowest BCUT2D eigenvalue weighted by Gasteiger charge is -2.29. The van der Waals surface area contributed by atoms with Crippen LogP contribution in [0, 0.1) is 17.8 Å². The molecule has 2 fully saturated rings. The van der Waals surface area contributed by atoms with Crippen molar-refractivity contribution in [2.75, 3.05) is 20.3 Å². The summed E-state index contributed by atoms with van der Waals surface area (Å²) in [5, 5.41) is 2.50. The number of hydrogen-bond donors (Lipinski definition) is 0. The summed E-state index contributed by atoms with van der Waals surface area (Å²) in [5.41, 5.74) is 10.3. The van der Waals surface area contributed by atoms with Crippen molar-refractivity contribution in [1.29, 1.82) is 0 Å². The number of carbonyl (C=O) groups is 1. The number of aliphatic imine (C=N–C) groups is 2. The van der Waals surface area contributed by atoms with Gasteiger partial charge in [-0.05, 0) is 127 Å². The molecular weight excluding hydrogens is 598 g/mol. The third-order valence-corrected chi connectivity index (χ3v) is 11.1. The van der Waals surface area contributed by atoms with Gasteiger partial charge in [0.15, 0.2) is 0 Å². The van der Waals surface area contributed by atoms with Crippen LogP contribution in [-0.4, -0.2) is 54.3 Å². The summed E-state index contributed by atoms with van der Waals surface area (Å²) in [6.07, 6.45) is 9.04. The normalized spacial score (nSPS) is 24.5. The maximum Gasteiger partial charge on any atom is 0.410 e. The lowest BCUT2D eigenvalue weighted by molar-refractivity contribution is 0.0259. The zero-order valence-corrected chi connectivity index (χ0v) is 29.0. The second kappa shape index (κ2) is 12.2. The number of rotatable bonds is 6. The summed E-state index contributed by atoms with van der Waals surface area (Å²) in [6, 6.07) is 15.7. The van der Waals surface area contributed by atoms with E-state index in [0.29, 0.717) is 24.4 Å². The molecule has 0 aromatic heterocycles. The highest BCUT2D eigenvalue weighted by molar-refractivity contribution is 6.05. The lowest BCUT2D eigenvalue weighted by atomic mass is 9.89. The summed E-state index contributed by atoms with van der Waals surface area (Å²) in [4.78, 5) is 25.1. The van der Waals surface area contributed by atoms with Crippen LogP contribution in [0.25, 0.3) is 27.5 Å². The Morgan fingerprint density at radius 2 is 1.88 bits per heavy atom. The van der Waals surface area contributed by atoms with Crippen molar-refractivity contribution in [2.45, 2.75) is 90.9 Å². The molecule has 5 aliphatic rings. The van der Waals surface area contributed by atoms with E-state index in [1.54, 1.807) is 0 Å². The number of fused-ring (bicyclic) bond motifs is 6. The second-order valence-corrected chi connectivity index (χ2v) is 15.5. The number of hydrogen-bond acceptors (Lipinski definition) is 6. The fourth-order valence-corrected chi connectivity index (χ4v) is 8.61. The van der Waals surface area contributed by atoms with Gasteiger partial charge < -0.3 is 14.2 Å². The van der Waals surface area contributed by atoms with E-state index in [1.165, 1.54) is 58.0 Å². The molecule has 3 aromatic carbocycles. The molecule has 1 aliphatic carbocycles. The fraction of sp³-hybridized carbons (Fsp3) is 0.488. The molecule has 1 amide bonds. The van der Waals surface area contributed by atoms with Crippen LogP contribution in [0.1, 0.15) is 82.9 Å². The third kappa shape index (κ3) is 5.74. The number of carbonyl (C=O) groups excluding carboxylic acids is 1. The Balaban J connectivity index is 0.994. The third-order valence-electron chi connectivity index (χ3n) is 11.1. The van der Waals surface area contributed by atoms with Crippen LogP contribution in [0.15, 0.2) is 58.6 Å². The standard InChI is InChI=1S/C41H47N3O4/c1-6-24-14-38(44(21-24)40(45)48-41(2,3)4)37-17-29(20-42-37)26-9-11-31-30(15-26)23-47-39-19-32-27(16-34(31)39)10-12-35-33(32)18-36(43-35)28-8-7-25(13-28)22-46-5/h9-12,15-16,19-20,24-25,28,38H,6-8,13-14,17-18,21-23H2,1-5H3/t24-,25+,28-,38-/m0/s1. The summed E-state index contributed by atoms with van der Waals surface area (Å²) < 4.78 is 17.7. The molecule has 48 heavy (non-hydrogen) atoms. The quantitative estimate of drug-likeness (QED) is 0.268. The van der Waals surface area contributed by atoms with Gasteiger partial charge >= 0.3 is 6.09 Å². The van der Waals surface area contributed by atoms with Gasteiger partial charge in [-0.3, -0.25) is 14.9 Å². The number of nitrogens with zero attached hydrogens (tertiary/aromatic N) is 3. The van der Waals surface area contributed by atoms with Crippen LogP contribution in [0.3, 0.4) is 0 Å². The Hall–Kier alpha value is -3.97. The zero-order valence-electron chi connectivity index (χ0n) is 29.0. The molecular formula is C41H47N3O4. The molecule has 7 heteroatoms. The fourth-order valence-electron chi connectivity index (χ4n) is 8.61. The first-order valence-electron chi connectivity index (χ1n) is 17.8. The number of benzene rings is 3. The molecule has 0 N–H and O–H groups in total. The minimum Gasteiger partial charge on any atom is -0.488 e. The summed E-state index contributed by atoms with van der Waals surface area (Å²) in [7, 11) is 1.81. The van der Waals surface area contributed by atoms with Gasteiger partial charge in [0, 0.05) is 56.3 Å². The first-order chi connectivity index (χ1) is 23.2. The van der Waals surface area contributed by atoms with E-state index in [0.717, 1.165) is 67.1 Å². The number of amides is 1. The van der Waals surface area contributed by atoms with Crippen LogP contribution >= 0.6 is 0 Å². The first kappa shape index (κ1) is 31.3. The highest BCUT2D eigenvalue weighted by Gasteiger charge is 2.40. The van der Waals surface area contributed by atoms with Gasteiger partial charge in [-0.15, -0.1) is 0 Å². The van der Waals surface area contributed by atoms with Crippen molar-refractivity contribution < 1.29 is 19.0 Å². The average molecular weight is 646 g/mol. The van der Waals surface area contributed by atoms with Gasteiger partial charge in [0.1, 0.15) is 18.0 Å². The molecule has 4 heterocycles. The van der Waals surface area contributed by atoms with Crippen LogP contribution < -0.4 is 4.74 Å². The molecule has 1 saturated carbocycles. The predicted molar refractivity (Wildman–Crippen MR) is 192 cm³/mol. The van der Waals surface area contributed by atoms with Crippen molar-refractivity contribution in [1.82, 2.24) is 4.90 Å². The van der Waals surface area contributed by atoms with Gasteiger partial charge in [-0.25, -0.2) is 4.79 Å². The van der Waals surface area contributed by atoms with E-state index in [-0.39, 0.29) is 12.1 Å². The lowest BCUT2D eigenvalue weighted by Crippen LogP contribution is -2.43. The van der Waals surface area contributed by atoms with E-state index < -0.39 is 5.60 Å². The molecule has 250 valence electrons. The number of allylic oxidation sites excluding steroid dienone is 1. The molecule has 8 rings (SSSR count). The van der Waals surface area contributed by atoms with E-state index in [4.69, 9.17) is 24.2 Å². The molecule has 4 atom stereocenters. The van der Waals surface area contributed by atoms with Crippen molar-refractivity contribution in [3.8, 4) is 16.9 Å². The number of ether oxygens (including phenoxy) is 3. The molecule has 4 aliphatic heterocycles. The van der Waals surface area contributed by atoms with Crippen molar-refractivity contribution in [3.05, 3.63) is 65.4 Å². The molecule has 0 bridgehead atoms. The summed E-state index contributed by atoms with van der Waals surface area (Å²) in [6.45, 7) is 10.1. The van der Waals surface area contributed by atoms with Crippen molar-refractivity contribution in [2.24, 2.45) is 27.7 Å². The topological polar surface area (TPSA) is 72.7 Å².